The molecule has 0 aliphatic heterocycles. The van der Waals surface area contributed by atoms with Crippen LogP contribution in [0.3, 0.4) is 0 Å². The SMILES string of the molecule is O=C(O)c1cc(-c2ccc(/C=N\NC(=O)c3cc(-c4ccccc4)nc4ccccc34)o2)ccc1Cl. The van der Waals surface area contributed by atoms with Gasteiger partial charge in [0.25, 0.3) is 5.91 Å². The Balaban J connectivity index is 1.37. The summed E-state index contributed by atoms with van der Waals surface area (Å²) >= 11 is 5.94. The quantitative estimate of drug-likeness (QED) is 0.213. The van der Waals surface area contributed by atoms with Gasteiger partial charge in [-0.1, -0.05) is 60.1 Å². The Kier molecular flexibility index (Phi) is 6.30. The lowest BCUT2D eigenvalue weighted by molar-refractivity contribution is 0.0697. The fourth-order valence-corrected chi connectivity index (χ4v) is 3.95. The highest BCUT2D eigenvalue weighted by atomic mass is 35.5. The van der Waals surface area contributed by atoms with Crippen LogP contribution in [0.25, 0.3) is 33.5 Å². The van der Waals surface area contributed by atoms with Crippen LogP contribution in [0.1, 0.15) is 26.5 Å². The minimum Gasteiger partial charge on any atom is -0.478 e. The predicted octanol–water partition coefficient (Wildman–Crippen LogP) is 6.28. The van der Waals surface area contributed by atoms with Crippen molar-refractivity contribution in [1.82, 2.24) is 10.4 Å². The highest BCUT2D eigenvalue weighted by Gasteiger charge is 2.14. The zero-order valence-electron chi connectivity index (χ0n) is 18.7. The summed E-state index contributed by atoms with van der Waals surface area (Å²) in [6, 6.07) is 26.7. The lowest BCUT2D eigenvalue weighted by atomic mass is 10.0. The van der Waals surface area contributed by atoms with Crippen molar-refractivity contribution in [3.8, 4) is 22.6 Å². The number of nitrogens with one attached hydrogen (secondary N) is 1. The average Bonchev–Trinajstić information content (AvgIpc) is 3.37. The van der Waals surface area contributed by atoms with Gasteiger partial charge in [0.1, 0.15) is 11.5 Å². The average molecular weight is 496 g/mol. The van der Waals surface area contributed by atoms with Gasteiger partial charge in [0.2, 0.25) is 0 Å². The molecule has 0 radical (unpaired) electrons. The molecule has 5 rings (SSSR count). The Morgan fingerprint density at radius 1 is 0.889 bits per heavy atom. The monoisotopic (exact) mass is 495 g/mol. The van der Waals surface area contributed by atoms with Crippen molar-refractivity contribution in [3.05, 3.63) is 113 Å². The summed E-state index contributed by atoms with van der Waals surface area (Å²) in [4.78, 5) is 29.1. The van der Waals surface area contributed by atoms with Gasteiger partial charge in [-0.05, 0) is 42.5 Å². The number of hydrogen-bond donors (Lipinski definition) is 2. The second-order valence-electron chi connectivity index (χ2n) is 7.84. The van der Waals surface area contributed by atoms with Crippen LogP contribution in [0.4, 0.5) is 0 Å². The Labute approximate surface area is 210 Å². The molecule has 0 atom stereocenters. The van der Waals surface area contributed by atoms with Crippen LogP contribution in [-0.2, 0) is 0 Å². The summed E-state index contributed by atoms with van der Waals surface area (Å²) in [7, 11) is 0. The number of fused-ring (bicyclic) bond motifs is 1. The maximum atomic E-state index is 13.0. The lowest BCUT2D eigenvalue weighted by Crippen LogP contribution is -2.18. The molecule has 0 aliphatic carbocycles. The molecular weight excluding hydrogens is 478 g/mol. The van der Waals surface area contributed by atoms with Gasteiger partial charge in [0.05, 0.1) is 33.6 Å². The molecule has 0 saturated carbocycles. The molecular formula is C28H18ClN3O4. The van der Waals surface area contributed by atoms with E-state index >= 15 is 0 Å². The number of halogens is 1. The molecule has 0 unspecified atom stereocenters. The Hall–Kier alpha value is -4.75. The maximum absolute atomic E-state index is 13.0. The highest BCUT2D eigenvalue weighted by Crippen LogP contribution is 2.27. The molecule has 5 aromatic rings. The maximum Gasteiger partial charge on any atom is 0.337 e. The predicted molar refractivity (Wildman–Crippen MR) is 138 cm³/mol. The highest BCUT2D eigenvalue weighted by molar-refractivity contribution is 6.33. The molecule has 7 nitrogen and oxygen atoms in total. The number of carboxylic acid groups (broad SMARTS) is 1. The number of hydrazone groups is 1. The first-order valence-electron chi connectivity index (χ1n) is 10.9. The third-order valence-electron chi connectivity index (χ3n) is 5.50. The van der Waals surface area contributed by atoms with E-state index in [0.717, 1.165) is 5.56 Å². The van der Waals surface area contributed by atoms with Gasteiger partial charge in [-0.25, -0.2) is 15.2 Å². The molecule has 0 aliphatic rings. The van der Waals surface area contributed by atoms with E-state index in [9.17, 15) is 14.7 Å². The lowest BCUT2D eigenvalue weighted by Gasteiger charge is -2.09. The van der Waals surface area contributed by atoms with Crippen molar-refractivity contribution < 1.29 is 19.1 Å². The molecule has 2 N–H and O–H groups in total. The fourth-order valence-electron chi connectivity index (χ4n) is 3.75. The van der Waals surface area contributed by atoms with Crippen molar-refractivity contribution >= 4 is 40.6 Å². The van der Waals surface area contributed by atoms with E-state index in [-0.39, 0.29) is 10.6 Å². The van der Waals surface area contributed by atoms with E-state index in [1.165, 1.54) is 18.3 Å². The van der Waals surface area contributed by atoms with Crippen LogP contribution in [0.2, 0.25) is 5.02 Å². The first-order valence-corrected chi connectivity index (χ1v) is 11.3. The number of pyridine rings is 1. The molecule has 0 fully saturated rings. The number of aromatic carboxylic acids is 1. The third-order valence-corrected chi connectivity index (χ3v) is 5.83. The van der Waals surface area contributed by atoms with Crippen molar-refractivity contribution in [2.24, 2.45) is 5.10 Å². The number of rotatable bonds is 6. The summed E-state index contributed by atoms with van der Waals surface area (Å²) < 4.78 is 5.73. The third kappa shape index (κ3) is 4.73. The minimum atomic E-state index is -1.13. The largest absolute Gasteiger partial charge is 0.478 e. The molecule has 3 aromatic carbocycles. The molecule has 2 heterocycles. The number of aromatic nitrogens is 1. The molecule has 2 aromatic heterocycles. The van der Waals surface area contributed by atoms with E-state index in [0.29, 0.717) is 39.2 Å². The van der Waals surface area contributed by atoms with E-state index in [1.807, 2.05) is 54.6 Å². The zero-order valence-corrected chi connectivity index (χ0v) is 19.4. The van der Waals surface area contributed by atoms with Gasteiger partial charge in [-0.15, -0.1) is 0 Å². The van der Waals surface area contributed by atoms with Crippen LogP contribution in [-0.4, -0.2) is 28.2 Å². The Morgan fingerprint density at radius 3 is 2.47 bits per heavy atom. The van der Waals surface area contributed by atoms with Crippen molar-refractivity contribution in [2.75, 3.05) is 0 Å². The van der Waals surface area contributed by atoms with Crippen LogP contribution < -0.4 is 5.43 Å². The van der Waals surface area contributed by atoms with E-state index in [2.05, 4.69) is 10.5 Å². The standard InChI is InChI=1S/C28H18ClN3O4/c29-23-12-10-18(14-22(23)28(34)35)26-13-11-19(36-26)16-30-32-27(33)21-15-25(17-6-2-1-3-7-17)31-24-9-5-4-8-20(21)24/h1-16H,(H,32,33)(H,34,35)/b30-16-. The van der Waals surface area contributed by atoms with E-state index < -0.39 is 11.9 Å². The number of hydrogen-bond acceptors (Lipinski definition) is 5. The molecule has 0 spiro atoms. The molecule has 8 heteroatoms. The number of carbonyl (C=O) groups excluding carboxylic acids is 1. The molecule has 176 valence electrons. The van der Waals surface area contributed by atoms with Gasteiger partial charge >= 0.3 is 5.97 Å². The van der Waals surface area contributed by atoms with Gasteiger partial charge in [-0.2, -0.15) is 5.10 Å². The topological polar surface area (TPSA) is 105 Å². The number of carboxylic acids is 1. The van der Waals surface area contributed by atoms with Gasteiger partial charge in [0.15, 0.2) is 0 Å². The smallest absolute Gasteiger partial charge is 0.337 e. The number of para-hydroxylation sites is 1. The van der Waals surface area contributed by atoms with E-state index in [1.54, 1.807) is 24.3 Å². The molecule has 1 amide bonds. The van der Waals surface area contributed by atoms with Crippen LogP contribution in [0.15, 0.2) is 101 Å². The number of furan rings is 1. The van der Waals surface area contributed by atoms with E-state index in [4.69, 9.17) is 21.0 Å². The molecule has 0 saturated heterocycles. The van der Waals surface area contributed by atoms with Crippen LogP contribution in [0, 0.1) is 0 Å². The van der Waals surface area contributed by atoms with Crippen LogP contribution >= 0.6 is 11.6 Å². The normalized spacial score (nSPS) is 11.1. The second kappa shape index (κ2) is 9.85. The number of nitrogens with zero attached hydrogens (tertiary/aromatic N) is 2. The summed E-state index contributed by atoms with van der Waals surface area (Å²) in [5.41, 5.74) is 5.81. The van der Waals surface area contributed by atoms with Crippen molar-refractivity contribution in [1.29, 1.82) is 0 Å². The Morgan fingerprint density at radius 2 is 1.67 bits per heavy atom. The van der Waals surface area contributed by atoms with Crippen molar-refractivity contribution in [3.63, 3.8) is 0 Å². The van der Waals surface area contributed by atoms with Gasteiger partial charge < -0.3 is 9.52 Å². The van der Waals surface area contributed by atoms with Crippen LogP contribution in [0.5, 0.6) is 0 Å². The summed E-state index contributed by atoms with van der Waals surface area (Å²) in [5, 5.41) is 14.2. The zero-order chi connectivity index (χ0) is 25.1. The first-order chi connectivity index (χ1) is 17.5. The van der Waals surface area contributed by atoms with Gasteiger partial charge in [0, 0.05) is 16.5 Å². The second-order valence-corrected chi connectivity index (χ2v) is 8.25. The summed E-state index contributed by atoms with van der Waals surface area (Å²) in [6.07, 6.45) is 1.37. The van der Waals surface area contributed by atoms with Gasteiger partial charge in [-0.3, -0.25) is 4.79 Å². The summed E-state index contributed by atoms with van der Waals surface area (Å²) in [6.45, 7) is 0. The Bertz CT molecular complexity index is 1630. The van der Waals surface area contributed by atoms with Crippen molar-refractivity contribution in [2.45, 2.75) is 0 Å². The molecule has 0 bridgehead atoms. The number of carbonyl (C=O) groups is 2. The summed E-state index contributed by atoms with van der Waals surface area (Å²) in [5.74, 6) is -0.703. The number of benzene rings is 3. The minimum absolute atomic E-state index is 0.0208. The fraction of sp³-hybridized carbons (Fsp3) is 0. The first kappa shape index (κ1) is 23.0. The number of amides is 1. The molecule has 36 heavy (non-hydrogen) atoms.